The predicted molar refractivity (Wildman–Crippen MR) is 106 cm³/mol. The van der Waals surface area contributed by atoms with Crippen molar-refractivity contribution in [1.29, 1.82) is 0 Å². The lowest BCUT2D eigenvalue weighted by Crippen LogP contribution is -2.41. The van der Waals surface area contributed by atoms with Crippen molar-refractivity contribution in [3.8, 4) is 11.5 Å². The highest BCUT2D eigenvalue weighted by molar-refractivity contribution is 5.77. The van der Waals surface area contributed by atoms with Gasteiger partial charge in [0, 0.05) is 13.3 Å². The van der Waals surface area contributed by atoms with Crippen molar-refractivity contribution in [2.45, 2.75) is 19.5 Å². The number of rotatable bonds is 7. The zero-order chi connectivity index (χ0) is 22.0. The van der Waals surface area contributed by atoms with Crippen molar-refractivity contribution >= 4 is 10.9 Å². The summed E-state index contributed by atoms with van der Waals surface area (Å²) in [5.41, 5.74) is 0.376. The molecule has 160 valence electrons. The van der Waals surface area contributed by atoms with Gasteiger partial charge in [-0.2, -0.15) is 8.78 Å². The first-order valence-corrected chi connectivity index (χ1v) is 9.27. The van der Waals surface area contributed by atoms with Gasteiger partial charge in [-0.1, -0.05) is 12.1 Å². The molecule has 1 aromatic carbocycles. The van der Waals surface area contributed by atoms with Gasteiger partial charge in [0.25, 0.3) is 11.4 Å². The van der Waals surface area contributed by atoms with E-state index in [1.807, 2.05) is 0 Å². The molecule has 0 fully saturated rings. The predicted octanol–water partition coefficient (Wildman–Crippen LogP) is 2.24. The van der Waals surface area contributed by atoms with Crippen LogP contribution in [0.4, 0.5) is 8.78 Å². The number of pyridine rings is 1. The number of hydrogen-bond acceptors (Lipinski definition) is 7. The molecule has 0 aliphatic heterocycles. The number of fused-ring (bicyclic) bond motifs is 1. The zero-order valence-corrected chi connectivity index (χ0v) is 16.4. The average Bonchev–Trinajstić information content (AvgIpc) is 3.28. The van der Waals surface area contributed by atoms with Crippen LogP contribution in [0.25, 0.3) is 22.4 Å². The molecule has 11 heteroatoms. The Bertz CT molecular complexity index is 1330. The normalized spacial score (nSPS) is 11.5. The molecule has 0 spiro atoms. The number of para-hydroxylation sites is 1. The quantitative estimate of drug-likeness (QED) is 0.444. The highest BCUT2D eigenvalue weighted by atomic mass is 19.3. The maximum Gasteiger partial charge on any atom is 0.331 e. The van der Waals surface area contributed by atoms with Crippen molar-refractivity contribution in [3.05, 3.63) is 75.0 Å². The van der Waals surface area contributed by atoms with Crippen molar-refractivity contribution in [2.75, 3.05) is 13.7 Å². The van der Waals surface area contributed by atoms with Crippen LogP contribution in [-0.2, 0) is 17.8 Å². The molecule has 0 aliphatic rings. The fourth-order valence-electron chi connectivity index (χ4n) is 3.15. The molecule has 0 saturated heterocycles. The zero-order valence-electron chi connectivity index (χ0n) is 16.4. The maximum absolute atomic E-state index is 13.0. The van der Waals surface area contributed by atoms with E-state index in [2.05, 4.69) is 15.2 Å². The third-order valence-electron chi connectivity index (χ3n) is 4.67. The number of nitrogens with zero attached hydrogens (tertiary/aromatic N) is 5. The van der Waals surface area contributed by atoms with E-state index in [-0.39, 0.29) is 19.0 Å². The molecular formula is C20H17F2N5O4. The summed E-state index contributed by atoms with van der Waals surface area (Å²) in [4.78, 5) is 30.1. The molecule has 0 saturated carbocycles. The molecule has 0 amide bonds. The number of hydrogen-bond donors (Lipinski definition) is 0. The molecule has 0 atom stereocenters. The fraction of sp³-hybridized carbons (Fsp3) is 0.250. The molecule has 4 rings (SSSR count). The van der Waals surface area contributed by atoms with Gasteiger partial charge < -0.3 is 9.15 Å². The van der Waals surface area contributed by atoms with E-state index in [1.165, 1.54) is 17.9 Å². The number of benzene rings is 1. The molecule has 0 unspecified atom stereocenters. The first-order chi connectivity index (χ1) is 15.0. The standard InChI is InChI=1S/C20H17F2N5O4/c1-30-9-8-26-15-5-3-2-4-14(15)19(28)27(20(26)29)11-13-7-6-12(10-23-13)17-24-25-18(31-17)16(21)22/h2-7,10,16H,8-9,11H2,1H3. The summed E-state index contributed by atoms with van der Waals surface area (Å²) in [6.45, 7) is 0.522. The first kappa shape index (κ1) is 20.5. The van der Waals surface area contributed by atoms with Gasteiger partial charge in [0.2, 0.25) is 5.89 Å². The lowest BCUT2D eigenvalue weighted by atomic mass is 10.2. The van der Waals surface area contributed by atoms with Crippen LogP contribution in [-0.4, -0.2) is 38.0 Å². The van der Waals surface area contributed by atoms with Crippen molar-refractivity contribution in [2.24, 2.45) is 0 Å². The van der Waals surface area contributed by atoms with E-state index in [1.54, 1.807) is 36.4 Å². The molecule has 3 heterocycles. The van der Waals surface area contributed by atoms with Crippen LogP contribution in [0.2, 0.25) is 0 Å². The van der Waals surface area contributed by atoms with E-state index in [9.17, 15) is 18.4 Å². The Kier molecular flexibility index (Phi) is 5.67. The molecule has 0 N–H and O–H groups in total. The molecule has 31 heavy (non-hydrogen) atoms. The monoisotopic (exact) mass is 429 g/mol. The summed E-state index contributed by atoms with van der Waals surface area (Å²) in [6, 6.07) is 9.95. The van der Waals surface area contributed by atoms with Crippen LogP contribution in [0.15, 0.2) is 56.6 Å². The summed E-state index contributed by atoms with van der Waals surface area (Å²) in [7, 11) is 1.53. The molecule has 9 nitrogen and oxygen atoms in total. The Morgan fingerprint density at radius 3 is 2.58 bits per heavy atom. The van der Waals surface area contributed by atoms with Crippen LogP contribution >= 0.6 is 0 Å². The van der Waals surface area contributed by atoms with Crippen LogP contribution in [0.5, 0.6) is 0 Å². The van der Waals surface area contributed by atoms with Crippen LogP contribution < -0.4 is 11.2 Å². The van der Waals surface area contributed by atoms with E-state index >= 15 is 0 Å². The maximum atomic E-state index is 13.0. The van der Waals surface area contributed by atoms with Gasteiger partial charge >= 0.3 is 12.1 Å². The van der Waals surface area contributed by atoms with E-state index in [0.717, 1.165) is 4.57 Å². The molecule has 0 aliphatic carbocycles. The Hall–Kier alpha value is -3.73. The SMILES string of the molecule is COCCn1c(=O)n(Cc2ccc(-c3nnc(C(F)F)o3)cn2)c(=O)c2ccccc21. The second-order valence-corrected chi connectivity index (χ2v) is 6.62. The number of methoxy groups -OCH3 is 1. The van der Waals surface area contributed by atoms with Gasteiger partial charge in [-0.05, 0) is 24.3 Å². The molecular weight excluding hydrogens is 412 g/mol. The summed E-state index contributed by atoms with van der Waals surface area (Å²) >= 11 is 0. The van der Waals surface area contributed by atoms with Crippen molar-refractivity contribution in [1.82, 2.24) is 24.3 Å². The third kappa shape index (κ3) is 3.99. The summed E-state index contributed by atoms with van der Waals surface area (Å²) in [6.07, 6.45) is -1.51. The number of ether oxygens (including phenoxy) is 1. The Balaban J connectivity index is 1.69. The van der Waals surface area contributed by atoms with E-state index in [0.29, 0.717) is 28.8 Å². The highest BCUT2D eigenvalue weighted by Gasteiger charge is 2.18. The van der Waals surface area contributed by atoms with E-state index in [4.69, 9.17) is 9.15 Å². The van der Waals surface area contributed by atoms with Crippen LogP contribution in [0, 0.1) is 0 Å². The highest BCUT2D eigenvalue weighted by Crippen LogP contribution is 2.22. The minimum Gasteiger partial charge on any atom is -0.415 e. The van der Waals surface area contributed by atoms with Gasteiger partial charge in [-0.15, -0.1) is 10.2 Å². The average molecular weight is 429 g/mol. The van der Waals surface area contributed by atoms with Gasteiger partial charge in [-0.3, -0.25) is 18.9 Å². The van der Waals surface area contributed by atoms with Crippen molar-refractivity contribution < 1.29 is 17.9 Å². The minimum absolute atomic E-state index is 0.0676. The van der Waals surface area contributed by atoms with Crippen LogP contribution in [0.3, 0.4) is 0 Å². The first-order valence-electron chi connectivity index (χ1n) is 9.27. The van der Waals surface area contributed by atoms with Gasteiger partial charge in [0.15, 0.2) is 0 Å². The Labute approximate surface area is 173 Å². The van der Waals surface area contributed by atoms with Gasteiger partial charge in [-0.25, -0.2) is 4.79 Å². The Morgan fingerprint density at radius 1 is 1.10 bits per heavy atom. The number of halogens is 2. The summed E-state index contributed by atoms with van der Waals surface area (Å²) < 4.78 is 37.8. The van der Waals surface area contributed by atoms with Crippen LogP contribution in [0.1, 0.15) is 18.0 Å². The fourth-order valence-corrected chi connectivity index (χ4v) is 3.15. The third-order valence-corrected chi connectivity index (χ3v) is 4.67. The molecule has 3 aromatic heterocycles. The molecule has 4 aromatic rings. The lowest BCUT2D eigenvalue weighted by Gasteiger charge is -2.13. The molecule has 0 bridgehead atoms. The van der Waals surface area contributed by atoms with Gasteiger partial charge in [0.1, 0.15) is 0 Å². The summed E-state index contributed by atoms with van der Waals surface area (Å²) in [5, 5.41) is 7.24. The second-order valence-electron chi connectivity index (χ2n) is 6.62. The smallest absolute Gasteiger partial charge is 0.331 e. The lowest BCUT2D eigenvalue weighted by molar-refractivity contribution is 0.116. The summed E-state index contributed by atoms with van der Waals surface area (Å²) in [5.74, 6) is -0.877. The number of alkyl halides is 2. The minimum atomic E-state index is -2.87. The topological polar surface area (TPSA) is 105 Å². The number of aromatic nitrogens is 5. The van der Waals surface area contributed by atoms with Gasteiger partial charge in [0.05, 0.1) is 41.9 Å². The van der Waals surface area contributed by atoms with Crippen molar-refractivity contribution in [3.63, 3.8) is 0 Å². The second kappa shape index (κ2) is 8.56. The van der Waals surface area contributed by atoms with E-state index < -0.39 is 23.6 Å². The Morgan fingerprint density at radius 2 is 1.90 bits per heavy atom. The largest absolute Gasteiger partial charge is 0.415 e. The molecule has 0 radical (unpaired) electrons.